The molecule has 2 N–H and O–H groups in total. The summed E-state index contributed by atoms with van der Waals surface area (Å²) >= 11 is 0. The van der Waals surface area contributed by atoms with E-state index in [-0.39, 0.29) is 0 Å². The summed E-state index contributed by atoms with van der Waals surface area (Å²) in [5, 5.41) is 0. The Bertz CT molecular complexity index is 258. The van der Waals surface area contributed by atoms with E-state index in [2.05, 4.69) is 44.7 Å². The van der Waals surface area contributed by atoms with Crippen molar-refractivity contribution in [3.8, 4) is 0 Å². The van der Waals surface area contributed by atoms with Crippen LogP contribution in [-0.2, 0) is 0 Å². The lowest BCUT2D eigenvalue weighted by atomic mass is 9.76. The molecule has 2 atom stereocenters. The molecule has 0 spiro atoms. The van der Waals surface area contributed by atoms with E-state index in [1.165, 1.54) is 32.4 Å². The molecule has 1 heterocycles. The van der Waals surface area contributed by atoms with E-state index < -0.39 is 0 Å². The monoisotopic (exact) mass is 252 g/mol. The number of nitrogens with two attached hydrogens (primary N) is 1. The van der Waals surface area contributed by atoms with E-state index in [1.54, 1.807) is 0 Å². The van der Waals surface area contributed by atoms with Crippen molar-refractivity contribution in [1.82, 2.24) is 4.90 Å². The van der Waals surface area contributed by atoms with Gasteiger partial charge in [0.25, 0.3) is 0 Å². The van der Waals surface area contributed by atoms with Crippen LogP contribution < -0.4 is 5.73 Å². The van der Waals surface area contributed by atoms with Crippen LogP contribution in [0.4, 0.5) is 0 Å². The Hall–Kier alpha value is -0.340. The summed E-state index contributed by atoms with van der Waals surface area (Å²) in [6.07, 6.45) is 9.56. The van der Waals surface area contributed by atoms with E-state index in [4.69, 9.17) is 5.73 Å². The molecule has 0 amide bonds. The summed E-state index contributed by atoms with van der Waals surface area (Å²) in [7, 11) is 0. The minimum atomic E-state index is 0.298. The zero-order valence-electron chi connectivity index (χ0n) is 12.8. The highest BCUT2D eigenvalue weighted by Crippen LogP contribution is 2.32. The van der Waals surface area contributed by atoms with Crippen LogP contribution in [0.5, 0.6) is 0 Å². The van der Waals surface area contributed by atoms with Gasteiger partial charge in [-0.15, -0.1) is 0 Å². The Morgan fingerprint density at radius 2 is 2.11 bits per heavy atom. The van der Waals surface area contributed by atoms with Gasteiger partial charge in [0, 0.05) is 19.1 Å². The van der Waals surface area contributed by atoms with E-state index >= 15 is 0 Å². The Morgan fingerprint density at radius 1 is 1.39 bits per heavy atom. The van der Waals surface area contributed by atoms with Gasteiger partial charge in [0.15, 0.2) is 0 Å². The van der Waals surface area contributed by atoms with Gasteiger partial charge in [-0.25, -0.2) is 0 Å². The van der Waals surface area contributed by atoms with Crippen molar-refractivity contribution >= 4 is 0 Å². The molecule has 18 heavy (non-hydrogen) atoms. The van der Waals surface area contributed by atoms with Crippen LogP contribution in [0.1, 0.15) is 53.4 Å². The maximum Gasteiger partial charge on any atom is 0.0168 e. The third kappa shape index (κ3) is 4.74. The number of rotatable bonds is 6. The predicted molar refractivity (Wildman–Crippen MR) is 80.6 cm³/mol. The number of piperidine rings is 1. The Kier molecular flexibility index (Phi) is 6.37. The normalized spacial score (nSPS) is 24.6. The largest absolute Gasteiger partial charge is 0.327 e. The summed E-state index contributed by atoms with van der Waals surface area (Å²) in [6, 6.07) is 0.394. The molecule has 2 heteroatoms. The topological polar surface area (TPSA) is 29.3 Å². The molecule has 1 rings (SSSR count). The second kappa shape index (κ2) is 7.30. The molecular weight excluding hydrogens is 220 g/mol. The second-order valence-corrected chi connectivity index (χ2v) is 6.40. The molecule has 0 aromatic rings. The van der Waals surface area contributed by atoms with Crippen LogP contribution in [0.3, 0.4) is 0 Å². The molecular formula is C16H32N2. The fraction of sp³-hybridized carbons (Fsp3) is 0.875. The summed E-state index contributed by atoms with van der Waals surface area (Å²) in [4.78, 5) is 2.57. The quantitative estimate of drug-likeness (QED) is 0.734. The summed E-state index contributed by atoms with van der Waals surface area (Å²) in [5.74, 6) is 0.727. The van der Waals surface area contributed by atoms with Crippen LogP contribution >= 0.6 is 0 Å². The first-order chi connectivity index (χ1) is 8.49. The Morgan fingerprint density at radius 3 is 2.67 bits per heavy atom. The van der Waals surface area contributed by atoms with Crippen LogP contribution in [0.15, 0.2) is 12.2 Å². The minimum Gasteiger partial charge on any atom is -0.327 e. The van der Waals surface area contributed by atoms with E-state index in [1.807, 2.05) is 0 Å². The van der Waals surface area contributed by atoms with Gasteiger partial charge in [-0.2, -0.15) is 0 Å². The molecule has 0 aromatic heterocycles. The third-order valence-electron chi connectivity index (χ3n) is 4.35. The first-order valence-corrected chi connectivity index (χ1v) is 7.65. The van der Waals surface area contributed by atoms with E-state index in [0.29, 0.717) is 11.5 Å². The van der Waals surface area contributed by atoms with Gasteiger partial charge in [-0.05, 0) is 37.1 Å². The van der Waals surface area contributed by atoms with Gasteiger partial charge in [-0.3, -0.25) is 0 Å². The standard InChI is InChI=1S/C16H32N2/c1-5-7-10-16(3,4)14(6-2)12-18-11-8-9-15(17)13-18/h7,10,14-15H,5-6,8-9,11-13,17H2,1-4H3/b10-7-/t14-,15?/m0/s1. The highest BCUT2D eigenvalue weighted by atomic mass is 15.1. The predicted octanol–water partition coefficient (Wildman–Crippen LogP) is 3.43. The first kappa shape index (κ1) is 15.7. The third-order valence-corrected chi connectivity index (χ3v) is 4.35. The molecule has 0 saturated carbocycles. The lowest BCUT2D eigenvalue weighted by Gasteiger charge is -2.38. The number of hydrogen-bond donors (Lipinski definition) is 1. The van der Waals surface area contributed by atoms with E-state index in [9.17, 15) is 0 Å². The van der Waals surface area contributed by atoms with Crippen LogP contribution in [0.25, 0.3) is 0 Å². The molecule has 1 saturated heterocycles. The lowest BCUT2D eigenvalue weighted by Crippen LogP contribution is -2.46. The van der Waals surface area contributed by atoms with Gasteiger partial charge in [-0.1, -0.05) is 46.3 Å². The summed E-state index contributed by atoms with van der Waals surface area (Å²) in [5.41, 5.74) is 6.37. The molecule has 0 radical (unpaired) electrons. The zero-order chi connectivity index (χ0) is 13.6. The average Bonchev–Trinajstić information content (AvgIpc) is 2.33. The van der Waals surface area contributed by atoms with Crippen LogP contribution in [0, 0.1) is 11.3 Å². The van der Waals surface area contributed by atoms with Gasteiger partial charge >= 0.3 is 0 Å². The highest BCUT2D eigenvalue weighted by Gasteiger charge is 2.28. The average molecular weight is 252 g/mol. The molecule has 1 unspecified atom stereocenters. The Balaban J connectivity index is 2.57. The maximum absolute atomic E-state index is 6.08. The van der Waals surface area contributed by atoms with Crippen molar-refractivity contribution in [2.75, 3.05) is 19.6 Å². The number of likely N-dealkylation sites (tertiary alicyclic amines) is 1. The fourth-order valence-electron chi connectivity index (χ4n) is 3.02. The highest BCUT2D eigenvalue weighted by molar-refractivity contribution is 4.98. The van der Waals surface area contributed by atoms with Gasteiger partial charge in [0.1, 0.15) is 0 Å². The van der Waals surface area contributed by atoms with Gasteiger partial charge < -0.3 is 10.6 Å². The Labute approximate surface area is 114 Å². The van der Waals surface area contributed by atoms with Crippen molar-refractivity contribution < 1.29 is 0 Å². The molecule has 0 aromatic carbocycles. The molecule has 0 aliphatic carbocycles. The first-order valence-electron chi connectivity index (χ1n) is 7.65. The lowest BCUT2D eigenvalue weighted by molar-refractivity contribution is 0.134. The minimum absolute atomic E-state index is 0.298. The second-order valence-electron chi connectivity index (χ2n) is 6.40. The van der Waals surface area contributed by atoms with Crippen molar-refractivity contribution in [1.29, 1.82) is 0 Å². The van der Waals surface area contributed by atoms with Gasteiger partial charge in [0.2, 0.25) is 0 Å². The van der Waals surface area contributed by atoms with E-state index in [0.717, 1.165) is 18.9 Å². The van der Waals surface area contributed by atoms with Gasteiger partial charge in [0.05, 0.1) is 0 Å². The number of hydrogen-bond acceptors (Lipinski definition) is 2. The van der Waals surface area contributed by atoms with Crippen molar-refractivity contribution in [3.63, 3.8) is 0 Å². The maximum atomic E-state index is 6.08. The van der Waals surface area contributed by atoms with Crippen molar-refractivity contribution in [2.24, 2.45) is 17.1 Å². The molecule has 1 aliphatic rings. The molecule has 1 fully saturated rings. The van der Waals surface area contributed by atoms with Crippen molar-refractivity contribution in [2.45, 2.75) is 59.4 Å². The smallest absolute Gasteiger partial charge is 0.0168 e. The SMILES string of the molecule is CC/C=C\C(C)(C)[C@@H](CC)CN1CCCC(N)C1. The number of allylic oxidation sites excluding steroid dienone is 2. The summed E-state index contributed by atoms with van der Waals surface area (Å²) in [6.45, 7) is 12.8. The summed E-state index contributed by atoms with van der Waals surface area (Å²) < 4.78 is 0. The molecule has 1 aliphatic heterocycles. The molecule has 2 nitrogen and oxygen atoms in total. The van der Waals surface area contributed by atoms with Crippen LogP contribution in [0.2, 0.25) is 0 Å². The molecule has 0 bridgehead atoms. The van der Waals surface area contributed by atoms with Crippen molar-refractivity contribution in [3.05, 3.63) is 12.2 Å². The zero-order valence-corrected chi connectivity index (χ0v) is 12.8. The number of nitrogens with zero attached hydrogens (tertiary/aromatic N) is 1. The molecule has 106 valence electrons. The fourth-order valence-corrected chi connectivity index (χ4v) is 3.02. The van der Waals surface area contributed by atoms with Crippen LogP contribution in [-0.4, -0.2) is 30.6 Å².